The number of nitrogens with one attached hydrogen (secondary N) is 2. The van der Waals surface area contributed by atoms with Gasteiger partial charge in [-0.2, -0.15) is 26.3 Å². The van der Waals surface area contributed by atoms with Crippen LogP contribution in [0.5, 0.6) is 11.5 Å². The van der Waals surface area contributed by atoms with Crippen molar-refractivity contribution in [2.24, 2.45) is 0 Å². The van der Waals surface area contributed by atoms with Crippen molar-refractivity contribution in [1.82, 2.24) is 0 Å². The van der Waals surface area contributed by atoms with Gasteiger partial charge in [-0.05, 0) is 35.4 Å². The second-order valence-electron chi connectivity index (χ2n) is 6.32. The average Bonchev–Trinajstić information content (AvgIpc) is 2.61. The molecule has 0 aromatic heterocycles. The molecule has 0 heterocycles. The van der Waals surface area contributed by atoms with Crippen LogP contribution in [0.3, 0.4) is 0 Å². The number of benzene rings is 2. The van der Waals surface area contributed by atoms with Gasteiger partial charge in [0.15, 0.2) is 0 Å². The number of halogens is 6. The highest BCUT2D eigenvalue weighted by Crippen LogP contribution is 2.57. The van der Waals surface area contributed by atoms with E-state index in [0.29, 0.717) is 24.3 Å². The number of carbonyl (C=O) groups excluding carboxylic acids is 1. The molecule has 12 heteroatoms. The maximum Gasteiger partial charge on any atom is 0.411 e. The third-order valence-electron chi connectivity index (χ3n) is 4.49. The third-order valence-corrected chi connectivity index (χ3v) is 4.49. The average molecular weight is 434 g/mol. The summed E-state index contributed by atoms with van der Waals surface area (Å²) in [4.78, 5) is 11.4. The van der Waals surface area contributed by atoms with E-state index in [-0.39, 0.29) is 17.1 Å². The lowest BCUT2D eigenvalue weighted by molar-refractivity contribution is -0.288. The third kappa shape index (κ3) is 3.85. The molecule has 0 aliphatic carbocycles. The molecule has 0 unspecified atom stereocenters. The van der Waals surface area contributed by atoms with Gasteiger partial charge in [-0.1, -0.05) is 12.1 Å². The number of alkyl halides is 6. The Balaban J connectivity index is 2.96. The molecule has 0 saturated heterocycles. The molecule has 0 atom stereocenters. The van der Waals surface area contributed by atoms with Crippen LogP contribution in [0.25, 0.3) is 0 Å². The predicted octanol–water partition coefficient (Wildman–Crippen LogP) is 3.73. The molecular formula is C18H17BF6N2O3. The Morgan fingerprint density at radius 3 is 1.90 bits per heavy atom. The smallest absolute Gasteiger partial charge is 0.411 e. The summed E-state index contributed by atoms with van der Waals surface area (Å²) in [6.45, 7) is 1.05. The maximum atomic E-state index is 14.2. The number of rotatable bonds is 5. The first-order valence-electron chi connectivity index (χ1n) is 8.40. The van der Waals surface area contributed by atoms with Gasteiger partial charge >= 0.3 is 20.4 Å². The van der Waals surface area contributed by atoms with Crippen LogP contribution in [0, 0.1) is 0 Å². The van der Waals surface area contributed by atoms with Crippen molar-refractivity contribution in [1.29, 1.82) is 0 Å². The first-order chi connectivity index (χ1) is 13.8. The normalized spacial score (nSPS) is 12.4. The van der Waals surface area contributed by atoms with Gasteiger partial charge in [0, 0.05) is 14.0 Å². The molecule has 0 bridgehead atoms. The Morgan fingerprint density at radius 2 is 1.47 bits per heavy atom. The van der Waals surface area contributed by atoms with Crippen molar-refractivity contribution < 1.29 is 40.9 Å². The van der Waals surface area contributed by atoms with E-state index < -0.39 is 40.6 Å². The fourth-order valence-electron chi connectivity index (χ4n) is 3.18. The van der Waals surface area contributed by atoms with Crippen LogP contribution in [-0.4, -0.2) is 38.5 Å². The first-order valence-corrected chi connectivity index (χ1v) is 8.40. The van der Waals surface area contributed by atoms with Crippen molar-refractivity contribution in [3.63, 3.8) is 0 Å². The molecule has 0 aliphatic rings. The van der Waals surface area contributed by atoms with Crippen LogP contribution < -0.4 is 15.3 Å². The van der Waals surface area contributed by atoms with Crippen LogP contribution in [0.15, 0.2) is 36.4 Å². The van der Waals surface area contributed by atoms with Crippen molar-refractivity contribution in [3.8, 4) is 11.5 Å². The van der Waals surface area contributed by atoms with Gasteiger partial charge < -0.3 is 20.4 Å². The minimum absolute atomic E-state index is 0.117. The highest BCUT2D eigenvalue weighted by molar-refractivity contribution is 6.01. The van der Waals surface area contributed by atoms with Gasteiger partial charge in [0.1, 0.15) is 11.5 Å². The summed E-state index contributed by atoms with van der Waals surface area (Å²) in [6.07, 6.45) is -11.6. The van der Waals surface area contributed by atoms with Crippen LogP contribution in [0.4, 0.5) is 37.7 Å². The molecule has 1 amide bonds. The van der Waals surface area contributed by atoms with E-state index in [2.05, 4.69) is 10.6 Å². The summed E-state index contributed by atoms with van der Waals surface area (Å²) < 4.78 is 90.3. The standard InChI is InChI=1S/C18H17BF6N2O3/c1-9(28)27-13-8-11(4-6-15(13)30-19)16(17(20,21)22,18(23,24)25)10-3-5-14(29)12(7-10)26-2/h3-8,26,29H,19H2,1-2H3,(H,27,28). The van der Waals surface area contributed by atoms with Crippen LogP contribution in [-0.2, 0) is 10.2 Å². The number of phenolic OH excluding ortho intramolecular Hbond substituents is 1. The lowest BCUT2D eigenvalue weighted by Crippen LogP contribution is -2.54. The number of hydrogen-bond acceptors (Lipinski definition) is 4. The summed E-state index contributed by atoms with van der Waals surface area (Å²) in [5.41, 5.74) is -7.46. The van der Waals surface area contributed by atoms with Gasteiger partial charge in [-0.3, -0.25) is 4.79 Å². The molecule has 162 valence electrons. The lowest BCUT2D eigenvalue weighted by atomic mass is 9.72. The zero-order valence-corrected chi connectivity index (χ0v) is 16.0. The Morgan fingerprint density at radius 1 is 0.967 bits per heavy atom. The summed E-state index contributed by atoms with van der Waals surface area (Å²) in [5.74, 6) is -1.35. The molecule has 3 N–H and O–H groups in total. The van der Waals surface area contributed by atoms with E-state index >= 15 is 0 Å². The van der Waals surface area contributed by atoms with E-state index in [9.17, 15) is 36.2 Å². The highest BCUT2D eigenvalue weighted by Gasteiger charge is 2.72. The lowest BCUT2D eigenvalue weighted by Gasteiger charge is -2.38. The molecular weight excluding hydrogens is 417 g/mol. The van der Waals surface area contributed by atoms with E-state index in [4.69, 9.17) is 4.65 Å². The molecule has 2 rings (SSSR count). The summed E-state index contributed by atoms with van der Waals surface area (Å²) in [5, 5.41) is 14.2. The zero-order valence-electron chi connectivity index (χ0n) is 16.0. The molecule has 2 aromatic rings. The number of anilines is 2. The molecule has 5 nitrogen and oxygen atoms in total. The maximum absolute atomic E-state index is 14.2. The van der Waals surface area contributed by atoms with E-state index in [1.165, 1.54) is 7.05 Å². The van der Waals surface area contributed by atoms with Crippen molar-refractivity contribution in [2.75, 3.05) is 17.7 Å². The van der Waals surface area contributed by atoms with Gasteiger partial charge in [0.25, 0.3) is 0 Å². The SMILES string of the molecule is BOc1ccc(C(c2ccc(O)c(NC)c2)(C(F)(F)F)C(F)(F)F)cc1NC(C)=O. The molecule has 0 spiro atoms. The van der Waals surface area contributed by atoms with E-state index in [1.54, 1.807) is 0 Å². The number of carbonyl (C=O) groups is 1. The van der Waals surface area contributed by atoms with Crippen molar-refractivity contribution >= 4 is 25.3 Å². The topological polar surface area (TPSA) is 70.6 Å². The summed E-state index contributed by atoms with van der Waals surface area (Å²) in [7, 11) is 2.39. The Bertz CT molecular complexity index is 932. The van der Waals surface area contributed by atoms with Crippen LogP contribution >= 0.6 is 0 Å². The van der Waals surface area contributed by atoms with Gasteiger partial charge in [-0.25, -0.2) is 0 Å². The first kappa shape index (κ1) is 23.2. The van der Waals surface area contributed by atoms with Gasteiger partial charge in [0.2, 0.25) is 11.3 Å². The molecule has 0 saturated carbocycles. The van der Waals surface area contributed by atoms with Crippen molar-refractivity contribution in [3.05, 3.63) is 47.5 Å². The summed E-state index contributed by atoms with van der Waals surface area (Å²) in [6, 6.07) is 4.00. The second-order valence-corrected chi connectivity index (χ2v) is 6.32. The van der Waals surface area contributed by atoms with E-state index in [1.807, 2.05) is 0 Å². The molecule has 2 aromatic carbocycles. The molecule has 0 aliphatic heterocycles. The summed E-state index contributed by atoms with van der Waals surface area (Å²) >= 11 is 0. The number of hydrogen-bond donors (Lipinski definition) is 3. The number of phenols is 1. The monoisotopic (exact) mass is 434 g/mol. The quantitative estimate of drug-likeness (QED) is 0.381. The Hall–Kier alpha value is -3.05. The Labute approximate surface area is 168 Å². The van der Waals surface area contributed by atoms with Crippen LogP contribution in [0.1, 0.15) is 18.1 Å². The fraction of sp³-hybridized carbons (Fsp3) is 0.278. The Kier molecular flexibility index (Phi) is 6.19. The minimum atomic E-state index is -5.82. The largest absolute Gasteiger partial charge is 0.566 e. The molecule has 30 heavy (non-hydrogen) atoms. The fourth-order valence-corrected chi connectivity index (χ4v) is 3.18. The zero-order chi connectivity index (χ0) is 22.9. The van der Waals surface area contributed by atoms with Crippen molar-refractivity contribution in [2.45, 2.75) is 24.7 Å². The van der Waals surface area contributed by atoms with Gasteiger partial charge in [0.05, 0.1) is 11.4 Å². The predicted molar refractivity (Wildman–Crippen MR) is 100 cm³/mol. The molecule has 0 radical (unpaired) electrons. The second kappa shape index (κ2) is 8.00. The van der Waals surface area contributed by atoms with E-state index in [0.717, 1.165) is 27.1 Å². The van der Waals surface area contributed by atoms with Crippen LogP contribution in [0.2, 0.25) is 0 Å². The number of amides is 1. The molecule has 0 fully saturated rings. The number of aromatic hydroxyl groups is 1. The highest BCUT2D eigenvalue weighted by atomic mass is 19.4. The van der Waals surface area contributed by atoms with Gasteiger partial charge in [-0.15, -0.1) is 0 Å². The minimum Gasteiger partial charge on any atom is -0.566 e.